The van der Waals surface area contributed by atoms with Crippen LogP contribution in [0.15, 0.2) is 27.4 Å². The van der Waals surface area contributed by atoms with Crippen LogP contribution in [0.5, 0.6) is 5.75 Å². The van der Waals surface area contributed by atoms with E-state index in [0.29, 0.717) is 22.3 Å². The number of carbonyl (C=O) groups is 3. The minimum atomic E-state index is -1.15. The Morgan fingerprint density at radius 3 is 2.48 bits per heavy atom. The summed E-state index contributed by atoms with van der Waals surface area (Å²) < 4.78 is 10.4. The van der Waals surface area contributed by atoms with Gasteiger partial charge in [-0.3, -0.25) is 9.59 Å². The molecule has 0 aliphatic carbocycles. The maximum atomic E-state index is 12.3. The van der Waals surface area contributed by atoms with Crippen LogP contribution in [0, 0.1) is 12.8 Å². The van der Waals surface area contributed by atoms with E-state index in [1.807, 2.05) is 0 Å². The van der Waals surface area contributed by atoms with Gasteiger partial charge in [-0.25, -0.2) is 9.59 Å². The number of hydrogen-bond acceptors (Lipinski definition) is 6. The second-order valence-electron chi connectivity index (χ2n) is 6.94. The Bertz CT molecular complexity index is 994. The Kier molecular flexibility index (Phi) is 6.98. The van der Waals surface area contributed by atoms with Gasteiger partial charge >= 0.3 is 11.6 Å². The van der Waals surface area contributed by atoms with E-state index in [4.69, 9.17) is 14.3 Å². The molecular formula is C20H24N2O7. The van der Waals surface area contributed by atoms with E-state index < -0.39 is 36.0 Å². The Morgan fingerprint density at radius 1 is 1.21 bits per heavy atom. The fourth-order valence-electron chi connectivity index (χ4n) is 2.85. The van der Waals surface area contributed by atoms with Gasteiger partial charge in [-0.05, 0) is 30.5 Å². The lowest BCUT2D eigenvalue weighted by Gasteiger charge is -2.18. The van der Waals surface area contributed by atoms with Crippen molar-refractivity contribution >= 4 is 28.8 Å². The van der Waals surface area contributed by atoms with Crippen molar-refractivity contribution in [1.29, 1.82) is 0 Å². The Morgan fingerprint density at radius 2 is 1.90 bits per heavy atom. The molecule has 1 aromatic heterocycles. The molecule has 1 atom stereocenters. The summed E-state index contributed by atoms with van der Waals surface area (Å²) in [5, 5.41) is 14.5. The van der Waals surface area contributed by atoms with Crippen molar-refractivity contribution in [3.8, 4) is 5.75 Å². The van der Waals surface area contributed by atoms with E-state index in [1.54, 1.807) is 39.0 Å². The molecule has 0 spiro atoms. The van der Waals surface area contributed by atoms with Crippen LogP contribution in [0.4, 0.5) is 0 Å². The monoisotopic (exact) mass is 404 g/mol. The first-order valence-electron chi connectivity index (χ1n) is 9.03. The number of fused-ring (bicyclic) bond motifs is 1. The molecule has 0 saturated heterocycles. The third-order valence-electron chi connectivity index (χ3n) is 4.53. The van der Waals surface area contributed by atoms with Gasteiger partial charge in [0.15, 0.2) is 0 Å². The highest BCUT2D eigenvalue weighted by molar-refractivity contribution is 5.89. The smallest absolute Gasteiger partial charge is 0.340 e. The molecule has 0 saturated carbocycles. The molecule has 2 amide bonds. The molecule has 29 heavy (non-hydrogen) atoms. The normalized spacial score (nSPS) is 11.9. The first-order chi connectivity index (χ1) is 13.6. The molecule has 1 aromatic carbocycles. The summed E-state index contributed by atoms with van der Waals surface area (Å²) in [4.78, 5) is 47.5. The van der Waals surface area contributed by atoms with Crippen LogP contribution in [0.2, 0.25) is 0 Å². The van der Waals surface area contributed by atoms with Crippen LogP contribution in [0.1, 0.15) is 25.0 Å². The molecular weight excluding hydrogens is 380 g/mol. The highest BCUT2D eigenvalue weighted by atomic mass is 16.5. The van der Waals surface area contributed by atoms with Gasteiger partial charge in [0.1, 0.15) is 17.4 Å². The second kappa shape index (κ2) is 9.22. The lowest BCUT2D eigenvalue weighted by atomic mass is 10.0. The molecule has 9 nitrogen and oxygen atoms in total. The average Bonchev–Trinajstić information content (AvgIpc) is 2.66. The highest BCUT2D eigenvalue weighted by Crippen LogP contribution is 2.24. The van der Waals surface area contributed by atoms with E-state index in [9.17, 15) is 19.2 Å². The average molecular weight is 404 g/mol. The van der Waals surface area contributed by atoms with E-state index in [0.717, 1.165) is 0 Å². The molecule has 3 N–H and O–H groups in total. The third-order valence-corrected chi connectivity index (χ3v) is 4.53. The van der Waals surface area contributed by atoms with Gasteiger partial charge in [-0.15, -0.1) is 0 Å². The van der Waals surface area contributed by atoms with Gasteiger partial charge in [-0.1, -0.05) is 13.8 Å². The predicted molar refractivity (Wildman–Crippen MR) is 105 cm³/mol. The topological polar surface area (TPSA) is 135 Å². The summed E-state index contributed by atoms with van der Waals surface area (Å²) in [6, 6.07) is 3.99. The number of methoxy groups -OCH3 is 1. The quantitative estimate of drug-likeness (QED) is 0.559. The molecule has 9 heteroatoms. The van der Waals surface area contributed by atoms with Crippen LogP contribution in [0.25, 0.3) is 11.0 Å². The first-order valence-corrected chi connectivity index (χ1v) is 9.03. The Balaban J connectivity index is 2.07. The third kappa shape index (κ3) is 5.34. The summed E-state index contributed by atoms with van der Waals surface area (Å²) in [5.41, 5.74) is 0.493. The molecule has 0 fully saturated rings. The van der Waals surface area contributed by atoms with Crippen LogP contribution >= 0.6 is 0 Å². The number of ether oxygens (including phenoxy) is 1. The van der Waals surface area contributed by atoms with Gasteiger partial charge in [0.05, 0.1) is 25.6 Å². The Hall–Kier alpha value is -3.36. The Labute approximate surface area is 167 Å². The number of aliphatic carboxylic acids is 1. The molecule has 0 unspecified atom stereocenters. The van der Waals surface area contributed by atoms with Crippen molar-refractivity contribution < 1.29 is 28.6 Å². The van der Waals surface area contributed by atoms with Crippen LogP contribution in [-0.2, 0) is 20.8 Å². The summed E-state index contributed by atoms with van der Waals surface area (Å²) in [7, 11) is 1.50. The first kappa shape index (κ1) is 21.9. The highest BCUT2D eigenvalue weighted by Gasteiger charge is 2.23. The predicted octanol–water partition coefficient (Wildman–Crippen LogP) is 0.994. The molecule has 0 aliphatic heterocycles. The van der Waals surface area contributed by atoms with E-state index >= 15 is 0 Å². The maximum Gasteiger partial charge on any atom is 0.340 e. The number of hydrogen-bond donors (Lipinski definition) is 3. The fraction of sp³-hybridized carbons (Fsp3) is 0.400. The number of aryl methyl sites for hydroxylation is 1. The van der Waals surface area contributed by atoms with E-state index in [2.05, 4.69) is 10.6 Å². The lowest BCUT2D eigenvalue weighted by molar-refractivity contribution is -0.143. The van der Waals surface area contributed by atoms with Crippen LogP contribution in [-0.4, -0.2) is 42.6 Å². The molecule has 0 bridgehead atoms. The molecule has 0 radical (unpaired) electrons. The number of carboxylic acids is 1. The number of carbonyl (C=O) groups excluding carboxylic acids is 2. The SMILES string of the molecule is COc1ccc2c(C)c(CC(=O)NCC(=O)N[C@@H](C(=O)O)C(C)C)c(=O)oc2c1. The summed E-state index contributed by atoms with van der Waals surface area (Å²) >= 11 is 0. The largest absolute Gasteiger partial charge is 0.497 e. The second-order valence-corrected chi connectivity index (χ2v) is 6.94. The minimum Gasteiger partial charge on any atom is -0.497 e. The number of nitrogens with one attached hydrogen (secondary N) is 2. The molecule has 2 aromatic rings. The zero-order valence-corrected chi connectivity index (χ0v) is 16.7. The summed E-state index contributed by atoms with van der Waals surface area (Å²) in [5.74, 6) is -2.11. The molecule has 2 rings (SSSR count). The van der Waals surface area contributed by atoms with Crippen molar-refractivity contribution in [1.82, 2.24) is 10.6 Å². The zero-order valence-electron chi connectivity index (χ0n) is 16.7. The number of rotatable bonds is 8. The number of amides is 2. The van der Waals surface area contributed by atoms with Gasteiger partial charge in [0.2, 0.25) is 11.8 Å². The van der Waals surface area contributed by atoms with Crippen molar-refractivity contribution in [2.24, 2.45) is 5.92 Å². The summed E-state index contributed by atoms with van der Waals surface area (Å²) in [6.45, 7) is 4.63. The lowest BCUT2D eigenvalue weighted by Crippen LogP contribution is -2.48. The van der Waals surface area contributed by atoms with Gasteiger partial charge in [0.25, 0.3) is 0 Å². The van der Waals surface area contributed by atoms with Gasteiger partial charge in [0, 0.05) is 11.5 Å². The van der Waals surface area contributed by atoms with Crippen LogP contribution in [0.3, 0.4) is 0 Å². The maximum absolute atomic E-state index is 12.3. The van der Waals surface area contributed by atoms with Crippen LogP contribution < -0.4 is 21.0 Å². The number of carboxylic acid groups (broad SMARTS) is 1. The van der Waals surface area contributed by atoms with Gasteiger partial charge < -0.3 is 24.9 Å². The zero-order chi connectivity index (χ0) is 21.7. The molecule has 1 heterocycles. The van der Waals surface area contributed by atoms with Crippen molar-refractivity contribution in [3.63, 3.8) is 0 Å². The fourth-order valence-corrected chi connectivity index (χ4v) is 2.85. The standard InChI is InChI=1S/C20H24N2O7/c1-10(2)18(19(25)26)22-17(24)9-21-16(23)8-14-11(3)13-6-5-12(28-4)7-15(13)29-20(14)27/h5-7,10,18H,8-9H2,1-4H3,(H,21,23)(H,22,24)(H,25,26)/t18-/m1/s1. The minimum absolute atomic E-state index is 0.186. The summed E-state index contributed by atoms with van der Waals surface area (Å²) in [6.07, 6.45) is -0.268. The van der Waals surface area contributed by atoms with Crippen molar-refractivity contribution in [2.45, 2.75) is 33.2 Å². The van der Waals surface area contributed by atoms with E-state index in [-0.39, 0.29) is 17.9 Å². The van der Waals surface area contributed by atoms with E-state index in [1.165, 1.54) is 7.11 Å². The molecule has 156 valence electrons. The van der Waals surface area contributed by atoms with Gasteiger partial charge in [-0.2, -0.15) is 0 Å². The van der Waals surface area contributed by atoms with Crippen molar-refractivity contribution in [3.05, 3.63) is 39.7 Å². The van der Waals surface area contributed by atoms with Crippen molar-refractivity contribution in [2.75, 3.05) is 13.7 Å². The number of benzene rings is 1. The molecule has 0 aliphatic rings.